The molecule has 0 heterocycles. The Kier molecular flexibility index (Phi) is 5.46. The highest BCUT2D eigenvalue weighted by atomic mass is 16.3. The van der Waals surface area contributed by atoms with E-state index in [2.05, 4.69) is 19.2 Å². The van der Waals surface area contributed by atoms with E-state index in [0.717, 1.165) is 19.4 Å². The van der Waals surface area contributed by atoms with Gasteiger partial charge in [0.2, 0.25) is 0 Å². The summed E-state index contributed by atoms with van der Waals surface area (Å²) >= 11 is 0. The first kappa shape index (κ1) is 10.9. The van der Waals surface area contributed by atoms with Crippen LogP contribution in [-0.4, -0.2) is 30.3 Å². The minimum atomic E-state index is 0.0508. The van der Waals surface area contributed by atoms with Crippen LogP contribution in [0.3, 0.4) is 0 Å². The van der Waals surface area contributed by atoms with Crippen LogP contribution in [0.4, 0.5) is 0 Å². The number of aliphatic hydroxyl groups excluding tert-OH is 1. The van der Waals surface area contributed by atoms with Crippen molar-refractivity contribution >= 4 is 0 Å². The zero-order valence-electron chi connectivity index (χ0n) is 7.56. The topological polar surface area (TPSA) is 58.3 Å². The third kappa shape index (κ3) is 4.35. The molecule has 0 aliphatic rings. The molecule has 0 amide bonds. The Hall–Kier alpha value is -0.120. The molecule has 68 valence electrons. The second kappa shape index (κ2) is 5.52. The van der Waals surface area contributed by atoms with Crippen LogP contribution in [-0.2, 0) is 0 Å². The highest BCUT2D eigenvalue weighted by molar-refractivity contribution is 4.81. The molecule has 0 saturated carbocycles. The molecule has 4 N–H and O–H groups in total. The van der Waals surface area contributed by atoms with E-state index in [0.29, 0.717) is 6.54 Å². The Morgan fingerprint density at radius 3 is 2.55 bits per heavy atom. The number of aliphatic hydroxyl groups is 1. The van der Waals surface area contributed by atoms with E-state index in [4.69, 9.17) is 10.8 Å². The lowest BCUT2D eigenvalue weighted by Gasteiger charge is -2.27. The molecule has 3 nitrogen and oxygen atoms in total. The molecule has 0 fully saturated rings. The first-order valence-electron chi connectivity index (χ1n) is 4.24. The van der Waals surface area contributed by atoms with E-state index >= 15 is 0 Å². The predicted octanol–water partition coefficient (Wildman–Crippen LogP) is 0.0858. The normalized spacial score (nSPS) is 16.4. The summed E-state index contributed by atoms with van der Waals surface area (Å²) in [5, 5.41) is 11.8. The van der Waals surface area contributed by atoms with Crippen molar-refractivity contribution in [1.82, 2.24) is 5.32 Å². The summed E-state index contributed by atoms with van der Waals surface area (Å²) in [7, 11) is 0. The molecule has 0 aliphatic heterocycles. The Labute approximate surface area is 69.0 Å². The fourth-order valence-electron chi connectivity index (χ4n) is 0.811. The third-order valence-corrected chi connectivity index (χ3v) is 2.12. The van der Waals surface area contributed by atoms with Gasteiger partial charge in [-0.05, 0) is 26.3 Å². The molecule has 1 unspecified atom stereocenters. The predicted molar refractivity (Wildman–Crippen MR) is 47.5 cm³/mol. The van der Waals surface area contributed by atoms with Crippen LogP contribution in [0.15, 0.2) is 0 Å². The van der Waals surface area contributed by atoms with E-state index in [1.807, 2.05) is 0 Å². The number of hydrogen-bond acceptors (Lipinski definition) is 3. The van der Waals surface area contributed by atoms with Crippen molar-refractivity contribution in [3.05, 3.63) is 0 Å². The summed E-state index contributed by atoms with van der Waals surface area (Å²) in [5.74, 6) is 0. The average molecular weight is 160 g/mol. The third-order valence-electron chi connectivity index (χ3n) is 2.12. The maximum absolute atomic E-state index is 8.54. The number of nitrogens with one attached hydrogen (secondary N) is 1. The average Bonchev–Trinajstić information content (AvgIpc) is 2.05. The molecule has 0 spiro atoms. The summed E-state index contributed by atoms with van der Waals surface area (Å²) in [5.41, 5.74) is 5.63. The van der Waals surface area contributed by atoms with Gasteiger partial charge in [-0.3, -0.25) is 0 Å². The number of hydrogen-bond donors (Lipinski definition) is 3. The molecule has 0 aromatic heterocycles. The molecular formula is C8H20N2O. The molecule has 0 aromatic carbocycles. The highest BCUT2D eigenvalue weighted by Crippen LogP contribution is 2.05. The number of nitrogens with two attached hydrogens (primary N) is 1. The lowest BCUT2D eigenvalue weighted by molar-refractivity contribution is 0.270. The molecule has 0 aromatic rings. The van der Waals surface area contributed by atoms with E-state index < -0.39 is 0 Å². The van der Waals surface area contributed by atoms with Crippen LogP contribution >= 0.6 is 0 Å². The van der Waals surface area contributed by atoms with Crippen molar-refractivity contribution in [3.63, 3.8) is 0 Å². The first-order chi connectivity index (χ1) is 5.18. The number of rotatable bonds is 6. The van der Waals surface area contributed by atoms with Gasteiger partial charge >= 0.3 is 0 Å². The van der Waals surface area contributed by atoms with Gasteiger partial charge in [0, 0.05) is 18.7 Å². The van der Waals surface area contributed by atoms with E-state index in [9.17, 15) is 0 Å². The zero-order chi connectivity index (χ0) is 8.74. The van der Waals surface area contributed by atoms with Crippen molar-refractivity contribution in [2.75, 3.05) is 19.7 Å². The van der Waals surface area contributed by atoms with Gasteiger partial charge in [-0.25, -0.2) is 0 Å². The van der Waals surface area contributed by atoms with Crippen LogP contribution in [0.25, 0.3) is 0 Å². The van der Waals surface area contributed by atoms with Crippen LogP contribution in [0.5, 0.6) is 0 Å². The van der Waals surface area contributed by atoms with Gasteiger partial charge in [-0.1, -0.05) is 6.92 Å². The van der Waals surface area contributed by atoms with Gasteiger partial charge in [0.05, 0.1) is 0 Å². The van der Waals surface area contributed by atoms with E-state index in [-0.39, 0.29) is 12.1 Å². The molecule has 0 bridgehead atoms. The Bertz CT molecular complexity index is 92.1. The van der Waals surface area contributed by atoms with Crippen LogP contribution in [0, 0.1) is 0 Å². The van der Waals surface area contributed by atoms with Crippen molar-refractivity contribution in [2.45, 2.75) is 32.2 Å². The molecule has 0 rings (SSSR count). The summed E-state index contributed by atoms with van der Waals surface area (Å²) in [6.07, 6.45) is 1.82. The van der Waals surface area contributed by atoms with Gasteiger partial charge in [-0.15, -0.1) is 0 Å². The van der Waals surface area contributed by atoms with Crippen LogP contribution in [0.2, 0.25) is 0 Å². The monoisotopic (exact) mass is 160 g/mol. The van der Waals surface area contributed by atoms with E-state index in [1.54, 1.807) is 0 Å². The standard InChI is InChI=1S/C8H20N2O/c1-3-8(2,7-9)10-5-4-6-11/h10-11H,3-7,9H2,1-2H3. The van der Waals surface area contributed by atoms with Gasteiger partial charge in [0.15, 0.2) is 0 Å². The summed E-state index contributed by atoms with van der Waals surface area (Å²) in [6, 6.07) is 0. The van der Waals surface area contributed by atoms with Gasteiger partial charge in [0.1, 0.15) is 0 Å². The minimum Gasteiger partial charge on any atom is -0.396 e. The molecule has 0 aliphatic carbocycles. The second-order valence-electron chi connectivity index (χ2n) is 3.12. The Morgan fingerprint density at radius 1 is 1.55 bits per heavy atom. The first-order valence-corrected chi connectivity index (χ1v) is 4.24. The van der Waals surface area contributed by atoms with Crippen molar-refractivity contribution in [2.24, 2.45) is 5.73 Å². The Balaban J connectivity index is 3.51. The van der Waals surface area contributed by atoms with Gasteiger partial charge in [-0.2, -0.15) is 0 Å². The quantitative estimate of drug-likeness (QED) is 0.482. The highest BCUT2D eigenvalue weighted by Gasteiger charge is 2.17. The molecule has 0 saturated heterocycles. The maximum Gasteiger partial charge on any atom is 0.0443 e. The summed E-state index contributed by atoms with van der Waals surface area (Å²) in [6.45, 7) is 5.95. The van der Waals surface area contributed by atoms with Crippen molar-refractivity contribution < 1.29 is 5.11 Å². The van der Waals surface area contributed by atoms with Gasteiger partial charge in [0.25, 0.3) is 0 Å². The van der Waals surface area contributed by atoms with Crippen molar-refractivity contribution in [3.8, 4) is 0 Å². The second-order valence-corrected chi connectivity index (χ2v) is 3.12. The zero-order valence-corrected chi connectivity index (χ0v) is 7.56. The molecule has 11 heavy (non-hydrogen) atoms. The Morgan fingerprint density at radius 2 is 2.18 bits per heavy atom. The lowest BCUT2D eigenvalue weighted by Crippen LogP contribution is -2.48. The lowest BCUT2D eigenvalue weighted by atomic mass is 9.99. The van der Waals surface area contributed by atoms with Crippen molar-refractivity contribution in [1.29, 1.82) is 0 Å². The van der Waals surface area contributed by atoms with Crippen LogP contribution in [0.1, 0.15) is 26.7 Å². The SMILES string of the molecule is CCC(C)(CN)NCCCO. The molecule has 0 radical (unpaired) electrons. The fraction of sp³-hybridized carbons (Fsp3) is 1.00. The largest absolute Gasteiger partial charge is 0.396 e. The molecule has 3 heteroatoms. The van der Waals surface area contributed by atoms with E-state index in [1.165, 1.54) is 0 Å². The molecule has 1 atom stereocenters. The van der Waals surface area contributed by atoms with Crippen LogP contribution < -0.4 is 11.1 Å². The maximum atomic E-state index is 8.54. The summed E-state index contributed by atoms with van der Waals surface area (Å²) < 4.78 is 0. The smallest absolute Gasteiger partial charge is 0.0443 e. The van der Waals surface area contributed by atoms with Gasteiger partial charge < -0.3 is 16.2 Å². The summed E-state index contributed by atoms with van der Waals surface area (Å²) in [4.78, 5) is 0. The fourth-order valence-corrected chi connectivity index (χ4v) is 0.811. The molecular weight excluding hydrogens is 140 g/mol. The minimum absolute atomic E-state index is 0.0508.